The molecule has 1 aliphatic rings. The monoisotopic (exact) mass is 495 g/mol. The van der Waals surface area contributed by atoms with Crippen LogP contribution in [-0.2, 0) is 6.61 Å². The van der Waals surface area contributed by atoms with Crippen LogP contribution < -0.4 is 4.74 Å². The molecule has 0 amide bonds. The fourth-order valence-electron chi connectivity index (χ4n) is 4.62. The van der Waals surface area contributed by atoms with Crippen LogP contribution in [0.2, 0.25) is 0 Å². The molecule has 38 heavy (non-hydrogen) atoms. The molecule has 0 bridgehead atoms. The zero-order valence-corrected chi connectivity index (χ0v) is 20.2. The molecule has 6 aromatic rings. The largest absolute Gasteiger partial charge is 0.487 e. The van der Waals surface area contributed by atoms with Gasteiger partial charge >= 0.3 is 0 Å². The van der Waals surface area contributed by atoms with Crippen LogP contribution in [0.4, 0.5) is 0 Å². The Bertz CT molecular complexity index is 1850. The summed E-state index contributed by atoms with van der Waals surface area (Å²) in [4.78, 5) is 12.5. The summed E-state index contributed by atoms with van der Waals surface area (Å²) in [6.45, 7) is 0.478. The minimum atomic E-state index is 0.478. The van der Waals surface area contributed by atoms with Gasteiger partial charge in [-0.1, -0.05) is 30.3 Å². The Balaban J connectivity index is 1.23. The maximum atomic E-state index is 5.99. The van der Waals surface area contributed by atoms with Gasteiger partial charge in [-0.2, -0.15) is 5.10 Å². The summed E-state index contributed by atoms with van der Waals surface area (Å²) in [5, 5.41) is 8.52. The maximum Gasteiger partial charge on any atom is 0.181 e. The summed E-state index contributed by atoms with van der Waals surface area (Å²) in [6.07, 6.45) is 14.7. The SMILES string of the molecule is C1=CC=C(c2ccoc2)c2cc(-c3[nH]nc4ncc(-c5cncc(OCc6ccccc6)c5)cc34)[nH]c2C=1. The molecule has 5 heterocycles. The van der Waals surface area contributed by atoms with E-state index < -0.39 is 0 Å². The molecule has 0 atom stereocenters. The van der Waals surface area contributed by atoms with Crippen LogP contribution in [0, 0.1) is 0 Å². The lowest BCUT2D eigenvalue weighted by molar-refractivity contribution is 0.305. The number of hydrogen-bond acceptors (Lipinski definition) is 5. The summed E-state index contributed by atoms with van der Waals surface area (Å²) in [5.74, 6) is 0.699. The number of hydrogen-bond donors (Lipinski definition) is 2. The van der Waals surface area contributed by atoms with E-state index in [1.54, 1.807) is 18.7 Å². The standard InChI is InChI=1S/C31H21N5O2/c1-2-6-20(7-3-1)18-38-24-12-22(15-32-17-24)23-13-27-30(35-36-31(27)33-16-23)29-14-26-25(21-10-11-37-19-21)8-4-5-9-28(26)34-29/h1-4,6-17,19,34H,18H2,(H,33,35,36). The van der Waals surface area contributed by atoms with Crippen LogP contribution in [0.15, 0.2) is 108 Å². The number of aromatic nitrogens is 5. The zero-order chi connectivity index (χ0) is 25.3. The molecule has 2 N–H and O–H groups in total. The number of benzene rings is 1. The number of furan rings is 1. The quantitative estimate of drug-likeness (QED) is 0.248. The lowest BCUT2D eigenvalue weighted by Gasteiger charge is -2.08. The van der Waals surface area contributed by atoms with Crippen molar-refractivity contribution in [1.29, 1.82) is 0 Å². The van der Waals surface area contributed by atoms with Gasteiger partial charge < -0.3 is 14.1 Å². The minimum absolute atomic E-state index is 0.478. The molecule has 0 saturated carbocycles. The van der Waals surface area contributed by atoms with E-state index in [9.17, 15) is 0 Å². The summed E-state index contributed by atoms with van der Waals surface area (Å²) >= 11 is 0. The van der Waals surface area contributed by atoms with E-state index >= 15 is 0 Å². The molecule has 1 aliphatic carbocycles. The van der Waals surface area contributed by atoms with Gasteiger partial charge in [-0.15, -0.1) is 5.73 Å². The van der Waals surface area contributed by atoms with E-state index in [2.05, 4.69) is 43.0 Å². The molecule has 0 unspecified atom stereocenters. The van der Waals surface area contributed by atoms with Crippen LogP contribution in [0.1, 0.15) is 22.4 Å². The van der Waals surface area contributed by atoms with Crippen LogP contribution >= 0.6 is 0 Å². The summed E-state index contributed by atoms with van der Waals surface area (Å²) in [5.41, 5.74) is 12.6. The zero-order valence-electron chi connectivity index (χ0n) is 20.2. The van der Waals surface area contributed by atoms with Gasteiger partial charge in [0.05, 0.1) is 35.8 Å². The third-order valence-electron chi connectivity index (χ3n) is 6.52. The van der Waals surface area contributed by atoms with E-state index in [-0.39, 0.29) is 0 Å². The van der Waals surface area contributed by atoms with Crippen LogP contribution in [-0.4, -0.2) is 25.1 Å². The van der Waals surface area contributed by atoms with Crippen molar-refractivity contribution in [3.8, 4) is 28.3 Å². The normalized spacial score (nSPS) is 12.4. The fourth-order valence-corrected chi connectivity index (χ4v) is 4.62. The van der Waals surface area contributed by atoms with Gasteiger partial charge in [0.15, 0.2) is 5.65 Å². The number of ether oxygens (including phenoxy) is 1. The van der Waals surface area contributed by atoms with Gasteiger partial charge in [0.2, 0.25) is 0 Å². The molecule has 0 aliphatic heterocycles. The molecular weight excluding hydrogens is 474 g/mol. The highest BCUT2D eigenvalue weighted by Gasteiger charge is 2.18. The van der Waals surface area contributed by atoms with Gasteiger partial charge in [0.25, 0.3) is 0 Å². The number of fused-ring (bicyclic) bond motifs is 2. The van der Waals surface area contributed by atoms with Crippen LogP contribution in [0.3, 0.4) is 0 Å². The molecule has 7 nitrogen and oxygen atoms in total. The second-order valence-corrected chi connectivity index (χ2v) is 8.96. The highest BCUT2D eigenvalue weighted by Crippen LogP contribution is 2.35. The maximum absolute atomic E-state index is 5.99. The van der Waals surface area contributed by atoms with Crippen molar-refractivity contribution >= 4 is 22.7 Å². The first-order chi connectivity index (χ1) is 18.8. The van der Waals surface area contributed by atoms with Crippen LogP contribution in [0.5, 0.6) is 5.75 Å². The molecular formula is C31H21N5O2. The van der Waals surface area contributed by atoms with Gasteiger partial charge in [0.1, 0.15) is 12.4 Å². The van der Waals surface area contributed by atoms with Crippen molar-refractivity contribution in [1.82, 2.24) is 25.1 Å². The Kier molecular flexibility index (Phi) is 5.32. The lowest BCUT2D eigenvalue weighted by atomic mass is 10.00. The van der Waals surface area contributed by atoms with Crippen molar-refractivity contribution in [2.75, 3.05) is 0 Å². The molecule has 0 saturated heterocycles. The minimum Gasteiger partial charge on any atom is -0.487 e. The van der Waals surface area contributed by atoms with E-state index in [4.69, 9.17) is 9.15 Å². The Hall–Kier alpha value is -5.39. The molecule has 182 valence electrons. The molecule has 1 aromatic carbocycles. The van der Waals surface area contributed by atoms with E-state index in [1.807, 2.05) is 73.1 Å². The third kappa shape index (κ3) is 4.03. The van der Waals surface area contributed by atoms with Crippen molar-refractivity contribution in [2.45, 2.75) is 6.61 Å². The van der Waals surface area contributed by atoms with E-state index in [0.29, 0.717) is 18.0 Å². The average Bonchev–Trinajstić information content (AvgIpc) is 3.71. The Morgan fingerprint density at radius 3 is 2.76 bits per heavy atom. The van der Waals surface area contributed by atoms with Crippen molar-refractivity contribution < 1.29 is 9.15 Å². The van der Waals surface area contributed by atoms with E-state index in [1.165, 1.54) is 0 Å². The highest BCUT2D eigenvalue weighted by atomic mass is 16.5. The molecule has 7 rings (SSSR count). The molecule has 5 aromatic heterocycles. The molecule has 0 fully saturated rings. The van der Waals surface area contributed by atoms with Gasteiger partial charge in [-0.05, 0) is 47.6 Å². The second-order valence-electron chi connectivity index (χ2n) is 8.96. The molecule has 0 radical (unpaired) electrons. The van der Waals surface area contributed by atoms with Gasteiger partial charge in [-0.25, -0.2) is 4.98 Å². The Morgan fingerprint density at radius 1 is 0.947 bits per heavy atom. The number of H-pyrrole nitrogens is 2. The predicted molar refractivity (Wildman–Crippen MR) is 146 cm³/mol. The van der Waals surface area contributed by atoms with Crippen LogP contribution in [0.25, 0.3) is 45.2 Å². The topological polar surface area (TPSA) is 92.6 Å². The fraction of sp³-hybridized carbons (Fsp3) is 0.0323. The number of aromatic amines is 2. The van der Waals surface area contributed by atoms with Gasteiger partial charge in [-0.3, -0.25) is 10.1 Å². The summed E-state index contributed by atoms with van der Waals surface area (Å²) in [7, 11) is 0. The third-order valence-corrected chi connectivity index (χ3v) is 6.52. The number of pyridine rings is 2. The summed E-state index contributed by atoms with van der Waals surface area (Å²) < 4.78 is 11.3. The number of rotatable bonds is 6. The van der Waals surface area contributed by atoms with Gasteiger partial charge in [0, 0.05) is 46.1 Å². The number of nitrogens with zero attached hydrogens (tertiary/aromatic N) is 3. The lowest BCUT2D eigenvalue weighted by Crippen LogP contribution is -1.96. The Labute approximate surface area is 217 Å². The molecule has 0 spiro atoms. The predicted octanol–water partition coefficient (Wildman–Crippen LogP) is 6.80. The first kappa shape index (κ1) is 21.9. The molecule has 7 heteroatoms. The summed E-state index contributed by atoms with van der Waals surface area (Å²) in [6, 6.07) is 18.2. The highest BCUT2D eigenvalue weighted by molar-refractivity contribution is 5.95. The van der Waals surface area contributed by atoms with Crippen molar-refractivity contribution in [3.05, 3.63) is 126 Å². The number of nitrogens with one attached hydrogen (secondary N) is 2. The first-order valence-corrected chi connectivity index (χ1v) is 12.2. The second kappa shape index (κ2) is 9.24. The smallest absolute Gasteiger partial charge is 0.181 e. The Morgan fingerprint density at radius 2 is 1.87 bits per heavy atom. The van der Waals surface area contributed by atoms with Crippen molar-refractivity contribution in [2.24, 2.45) is 0 Å². The number of allylic oxidation sites excluding steroid dienone is 2. The first-order valence-electron chi connectivity index (χ1n) is 12.2. The van der Waals surface area contributed by atoms with E-state index in [0.717, 1.165) is 55.9 Å². The van der Waals surface area contributed by atoms with Crippen molar-refractivity contribution in [3.63, 3.8) is 0 Å². The average molecular weight is 496 g/mol.